The average molecular weight is 326 g/mol. The van der Waals surface area contributed by atoms with E-state index >= 15 is 0 Å². The van der Waals surface area contributed by atoms with E-state index in [4.69, 9.17) is 58.0 Å². The molecule has 0 unspecified atom stereocenters. The van der Waals surface area contributed by atoms with Gasteiger partial charge in [-0.05, 0) is 29.8 Å². The third-order valence-electron chi connectivity index (χ3n) is 2.24. The van der Waals surface area contributed by atoms with Gasteiger partial charge in [-0.3, -0.25) is 0 Å². The van der Waals surface area contributed by atoms with Gasteiger partial charge in [-0.15, -0.1) is 0 Å². The van der Waals surface area contributed by atoms with Crippen molar-refractivity contribution in [3.63, 3.8) is 0 Å². The van der Waals surface area contributed by atoms with Crippen LogP contribution in [0, 0.1) is 0 Å². The van der Waals surface area contributed by atoms with Gasteiger partial charge in [0.2, 0.25) is 0 Å². The molecule has 0 amide bonds. The largest absolute Gasteiger partial charge is 0.0836 e. The van der Waals surface area contributed by atoms with Crippen molar-refractivity contribution >= 4 is 58.0 Å². The zero-order chi connectivity index (χ0) is 12.6. The second-order valence-electron chi connectivity index (χ2n) is 3.38. The van der Waals surface area contributed by atoms with Crippen molar-refractivity contribution < 1.29 is 0 Å². The van der Waals surface area contributed by atoms with E-state index in [1.165, 1.54) is 0 Å². The first-order chi connectivity index (χ1) is 7.99. The Morgan fingerprint density at radius 3 is 1.76 bits per heavy atom. The van der Waals surface area contributed by atoms with Crippen molar-refractivity contribution in [2.24, 2.45) is 0 Å². The summed E-state index contributed by atoms with van der Waals surface area (Å²) in [5, 5.41) is 2.33. The van der Waals surface area contributed by atoms with Crippen molar-refractivity contribution in [3.05, 3.63) is 55.4 Å². The van der Waals surface area contributed by atoms with E-state index in [9.17, 15) is 0 Å². The highest BCUT2D eigenvalue weighted by atomic mass is 35.5. The molecule has 0 aliphatic carbocycles. The lowest BCUT2D eigenvalue weighted by Gasteiger charge is -2.07. The fraction of sp³-hybridized carbons (Fsp3) is 0. The molecule has 0 saturated heterocycles. The molecule has 0 N–H and O–H groups in total. The average Bonchev–Trinajstić information content (AvgIpc) is 2.27. The Morgan fingerprint density at radius 1 is 0.529 bits per heavy atom. The maximum atomic E-state index is 6.11. The van der Waals surface area contributed by atoms with Crippen LogP contribution in [0.1, 0.15) is 0 Å². The van der Waals surface area contributed by atoms with Gasteiger partial charge in [-0.1, -0.05) is 64.1 Å². The zero-order valence-electron chi connectivity index (χ0n) is 8.28. The molecule has 2 aromatic rings. The van der Waals surface area contributed by atoms with Crippen LogP contribution in [0.15, 0.2) is 30.3 Å². The maximum Gasteiger partial charge on any atom is 0.0607 e. The first-order valence-corrected chi connectivity index (χ1v) is 6.48. The summed E-state index contributed by atoms with van der Waals surface area (Å²) >= 11 is 29.7. The zero-order valence-corrected chi connectivity index (χ0v) is 12.1. The van der Waals surface area contributed by atoms with E-state index in [1.807, 2.05) is 6.07 Å². The van der Waals surface area contributed by atoms with Crippen LogP contribution >= 0.6 is 58.0 Å². The topological polar surface area (TPSA) is 0 Å². The molecule has 2 rings (SSSR count). The van der Waals surface area contributed by atoms with Gasteiger partial charge in [0.1, 0.15) is 0 Å². The Kier molecular flexibility index (Phi) is 4.12. The summed E-state index contributed by atoms with van der Waals surface area (Å²) in [6.45, 7) is 0. The summed E-state index contributed by atoms with van der Waals surface area (Å²) in [5.74, 6) is 0. The molecule has 0 aromatic heterocycles. The molecule has 88 valence electrons. The van der Waals surface area contributed by atoms with E-state index in [0.717, 1.165) is 11.1 Å². The molecule has 0 saturated carbocycles. The van der Waals surface area contributed by atoms with Crippen LogP contribution in [-0.4, -0.2) is 0 Å². The van der Waals surface area contributed by atoms with Crippen LogP contribution in [0.4, 0.5) is 0 Å². The fourth-order valence-corrected chi connectivity index (χ4v) is 2.36. The Bertz CT molecular complexity index is 577. The molecule has 0 radical (unpaired) electrons. The van der Waals surface area contributed by atoms with E-state index in [2.05, 4.69) is 0 Å². The lowest BCUT2D eigenvalue weighted by Crippen LogP contribution is -1.82. The molecule has 17 heavy (non-hydrogen) atoms. The molecule has 0 aliphatic rings. The minimum Gasteiger partial charge on any atom is -0.0836 e. The van der Waals surface area contributed by atoms with Gasteiger partial charge >= 0.3 is 0 Å². The molecular formula is C12H5Cl5. The van der Waals surface area contributed by atoms with Crippen LogP contribution in [0.2, 0.25) is 25.1 Å². The molecule has 0 atom stereocenters. The molecule has 5 heteroatoms. The predicted molar refractivity (Wildman–Crippen MR) is 76.9 cm³/mol. The highest BCUT2D eigenvalue weighted by Gasteiger charge is 2.09. The maximum absolute atomic E-state index is 6.11. The number of benzene rings is 2. The fourth-order valence-electron chi connectivity index (χ4n) is 1.41. The second-order valence-corrected chi connectivity index (χ2v) is 5.41. The Balaban J connectivity index is 2.60. The highest BCUT2D eigenvalue weighted by Crippen LogP contribution is 2.37. The molecule has 0 aliphatic heterocycles. The van der Waals surface area contributed by atoms with Crippen molar-refractivity contribution in [1.82, 2.24) is 0 Å². The number of halogens is 5. The van der Waals surface area contributed by atoms with Crippen LogP contribution in [0.25, 0.3) is 11.1 Å². The molecule has 0 fully saturated rings. The van der Waals surface area contributed by atoms with Gasteiger partial charge in [-0.2, -0.15) is 0 Å². The number of hydrogen-bond donors (Lipinski definition) is 0. The minimum absolute atomic E-state index is 0.417. The van der Waals surface area contributed by atoms with E-state index < -0.39 is 0 Å². The van der Waals surface area contributed by atoms with E-state index in [1.54, 1.807) is 24.3 Å². The first kappa shape index (κ1) is 13.3. The molecular weight excluding hydrogens is 321 g/mol. The van der Waals surface area contributed by atoms with Gasteiger partial charge in [0.25, 0.3) is 0 Å². The quantitative estimate of drug-likeness (QED) is 0.517. The lowest BCUT2D eigenvalue weighted by molar-refractivity contribution is 1.61. The minimum atomic E-state index is 0.417. The van der Waals surface area contributed by atoms with Crippen molar-refractivity contribution in [2.75, 3.05) is 0 Å². The van der Waals surface area contributed by atoms with Crippen molar-refractivity contribution in [1.29, 1.82) is 0 Å². The highest BCUT2D eigenvalue weighted by molar-refractivity contribution is 6.44. The van der Waals surface area contributed by atoms with Gasteiger partial charge in [0, 0.05) is 10.6 Å². The summed E-state index contributed by atoms with van der Waals surface area (Å²) in [4.78, 5) is 0. The smallest absolute Gasteiger partial charge is 0.0607 e. The summed E-state index contributed by atoms with van der Waals surface area (Å²) in [6.07, 6.45) is 0. The Labute approximate surface area is 124 Å². The summed E-state index contributed by atoms with van der Waals surface area (Å²) in [6, 6.07) is 8.56. The number of hydrogen-bond acceptors (Lipinski definition) is 0. The van der Waals surface area contributed by atoms with E-state index in [0.29, 0.717) is 25.1 Å². The van der Waals surface area contributed by atoms with Crippen LogP contribution < -0.4 is 0 Å². The van der Waals surface area contributed by atoms with Crippen molar-refractivity contribution in [3.8, 4) is 11.1 Å². The molecule has 2 aromatic carbocycles. The lowest BCUT2D eigenvalue weighted by atomic mass is 10.1. The second kappa shape index (κ2) is 5.26. The monoisotopic (exact) mass is 324 g/mol. The summed E-state index contributed by atoms with van der Waals surface area (Å²) < 4.78 is 0. The Morgan fingerprint density at radius 2 is 1.12 bits per heavy atom. The third-order valence-corrected chi connectivity index (χ3v) is 4.01. The van der Waals surface area contributed by atoms with Gasteiger partial charge in [-0.25, -0.2) is 0 Å². The number of rotatable bonds is 1. The van der Waals surface area contributed by atoms with E-state index in [-0.39, 0.29) is 0 Å². The van der Waals surface area contributed by atoms with Crippen LogP contribution in [0.3, 0.4) is 0 Å². The molecule has 0 spiro atoms. The summed E-state index contributed by atoms with van der Waals surface area (Å²) in [7, 11) is 0. The molecule has 0 heterocycles. The van der Waals surface area contributed by atoms with Gasteiger partial charge in [0.15, 0.2) is 0 Å². The van der Waals surface area contributed by atoms with Crippen LogP contribution in [-0.2, 0) is 0 Å². The third kappa shape index (κ3) is 2.83. The Hall–Kier alpha value is -0.110. The standard InChI is InChI=1S/C12H5Cl5/c13-8-2-1-6(3-10(8)15)7-4-11(16)12(17)5-9(7)14/h1-5H. The van der Waals surface area contributed by atoms with Crippen LogP contribution in [0.5, 0.6) is 0 Å². The normalized spacial score (nSPS) is 10.6. The molecule has 0 nitrogen and oxygen atoms in total. The summed E-state index contributed by atoms with van der Waals surface area (Å²) in [5.41, 5.74) is 1.60. The SMILES string of the molecule is Clc1ccc(-c2cc(Cl)c(Cl)cc2Cl)cc1Cl. The molecule has 0 bridgehead atoms. The van der Waals surface area contributed by atoms with Gasteiger partial charge < -0.3 is 0 Å². The first-order valence-electron chi connectivity index (χ1n) is 4.59. The predicted octanol–water partition coefficient (Wildman–Crippen LogP) is 6.62. The van der Waals surface area contributed by atoms with Crippen molar-refractivity contribution in [2.45, 2.75) is 0 Å². The van der Waals surface area contributed by atoms with Gasteiger partial charge in [0.05, 0.1) is 20.1 Å².